The molecule has 13 nitrogen and oxygen atoms in total. The van der Waals surface area contributed by atoms with Crippen molar-refractivity contribution in [2.75, 3.05) is 40.1 Å². The summed E-state index contributed by atoms with van der Waals surface area (Å²) in [5.74, 6) is 8.32. The fourth-order valence-electron chi connectivity index (χ4n) is 12.3. The van der Waals surface area contributed by atoms with Gasteiger partial charge in [0.1, 0.15) is 53.0 Å². The number of aliphatic hydroxyl groups is 2. The van der Waals surface area contributed by atoms with Gasteiger partial charge in [0.2, 0.25) is 0 Å². The second-order valence-electron chi connectivity index (χ2n) is 19.9. The normalized spacial score (nSPS) is 28.5. The van der Waals surface area contributed by atoms with Gasteiger partial charge < -0.3 is 59.3 Å². The Kier molecular flexibility index (Phi) is 12.7. The molecular weight excluding hydrogens is 877 g/mol. The van der Waals surface area contributed by atoms with E-state index in [9.17, 15) is 25.5 Å². The lowest BCUT2D eigenvalue weighted by molar-refractivity contribution is -0.174. The number of hydrogen-bond donors (Lipinski definition) is 7. The van der Waals surface area contributed by atoms with Crippen LogP contribution in [0.4, 0.5) is 0 Å². The largest absolute Gasteiger partial charge is 0.508 e. The minimum absolute atomic E-state index is 0.0402. The van der Waals surface area contributed by atoms with Crippen molar-refractivity contribution >= 4 is 10.8 Å². The number of rotatable bonds is 10. The summed E-state index contributed by atoms with van der Waals surface area (Å²) in [5.41, 5.74) is 4.03. The Labute approximate surface area is 402 Å². The number of phenols is 3. The Morgan fingerprint density at radius 2 is 1.68 bits per heavy atom. The lowest BCUT2D eigenvalue weighted by Crippen LogP contribution is -2.69. The molecular formula is C56H62N2O11. The number of benzene rings is 5. The highest BCUT2D eigenvalue weighted by molar-refractivity contribution is 5.96. The average Bonchev–Trinajstić information content (AvgIpc) is 3.85. The third-order valence-corrected chi connectivity index (χ3v) is 15.6. The maximum atomic E-state index is 13.2. The predicted molar refractivity (Wildman–Crippen MR) is 259 cm³/mol. The molecule has 2 aliphatic carbocycles. The smallest absolute Gasteiger partial charge is 0.149 e. The molecule has 7 N–H and O–H groups in total. The lowest BCUT2D eigenvalue weighted by Gasteiger charge is -2.54. The van der Waals surface area contributed by atoms with Crippen LogP contribution in [-0.4, -0.2) is 95.6 Å². The molecule has 362 valence electrons. The standard InChI is InChI=1S/C56H62N2O11/c1-64-19-6-12-48-51(55-46-28-49(44-25-38(61)14-16-43(44)54(46)68-48)65-20-5-8-35-29-57-31-58-56(35)18-17-39(62)26-50(56)69-55)47-30-66-53-34(24-41(27-45(53)52(47)63)67-40-10-2-3-11-40)21-33-23-37(60)13-15-42(33)32-7-4-9-36(59)22-32/h4,7,9,13-16,22-25,27-28,35,39-40,47-48,50-52,55,57-63H,2-3,6,10-12,17-21,26,29-31H2,1H3. The lowest BCUT2D eigenvalue weighted by atomic mass is 9.68. The van der Waals surface area contributed by atoms with Gasteiger partial charge in [0.15, 0.2) is 0 Å². The van der Waals surface area contributed by atoms with Gasteiger partial charge in [0, 0.05) is 79.1 Å². The van der Waals surface area contributed by atoms with E-state index >= 15 is 0 Å². The maximum Gasteiger partial charge on any atom is 0.149 e. The van der Waals surface area contributed by atoms with Crippen molar-refractivity contribution in [3.63, 3.8) is 0 Å². The second kappa shape index (κ2) is 19.2. The van der Waals surface area contributed by atoms with Crippen LogP contribution in [0.3, 0.4) is 0 Å². The van der Waals surface area contributed by atoms with Gasteiger partial charge in [-0.25, -0.2) is 0 Å². The molecule has 6 aliphatic rings. The molecule has 13 heteroatoms. The van der Waals surface area contributed by atoms with Gasteiger partial charge in [-0.15, -0.1) is 0 Å². The van der Waals surface area contributed by atoms with Gasteiger partial charge in [0.05, 0.1) is 48.6 Å². The van der Waals surface area contributed by atoms with Crippen molar-refractivity contribution in [3.8, 4) is 63.2 Å². The van der Waals surface area contributed by atoms with Crippen molar-refractivity contribution in [1.29, 1.82) is 0 Å². The number of fused-ring (bicyclic) bond motifs is 5. The summed E-state index contributed by atoms with van der Waals surface area (Å²) in [6.07, 6.45) is 4.04. The van der Waals surface area contributed by atoms with Crippen LogP contribution in [0.15, 0.2) is 78.9 Å². The minimum atomic E-state index is -1.06. The number of aliphatic hydroxyl groups excluding tert-OH is 2. The molecule has 3 fully saturated rings. The minimum Gasteiger partial charge on any atom is -0.508 e. The molecule has 2 saturated carbocycles. The molecule has 0 aromatic heterocycles. The molecule has 11 rings (SSSR count). The third-order valence-electron chi connectivity index (χ3n) is 15.6. The van der Waals surface area contributed by atoms with Gasteiger partial charge in [0.25, 0.3) is 0 Å². The predicted octanol–water partition coefficient (Wildman–Crippen LogP) is 7.95. The first kappa shape index (κ1) is 45.7. The van der Waals surface area contributed by atoms with E-state index in [1.807, 2.05) is 36.4 Å². The van der Waals surface area contributed by atoms with Crippen LogP contribution in [0.1, 0.15) is 92.2 Å². The van der Waals surface area contributed by atoms with E-state index in [1.165, 1.54) is 0 Å². The van der Waals surface area contributed by atoms with E-state index in [0.29, 0.717) is 92.3 Å². The van der Waals surface area contributed by atoms with Gasteiger partial charge in [-0.2, -0.15) is 0 Å². The Balaban J connectivity index is 1.05. The summed E-state index contributed by atoms with van der Waals surface area (Å²) < 4.78 is 40.8. The number of methoxy groups -OCH3 is 1. The number of phenolic OH excluding ortho intramolecular Hbond substituents is 3. The van der Waals surface area contributed by atoms with Crippen molar-refractivity contribution in [1.82, 2.24) is 10.6 Å². The zero-order chi connectivity index (χ0) is 47.2. The second-order valence-corrected chi connectivity index (χ2v) is 19.9. The number of aromatic hydroxyl groups is 3. The van der Waals surface area contributed by atoms with E-state index in [4.69, 9.17) is 28.4 Å². The Bertz CT molecular complexity index is 2760. The maximum absolute atomic E-state index is 13.2. The molecule has 5 aromatic carbocycles. The topological polar surface area (TPSA) is 181 Å². The Morgan fingerprint density at radius 3 is 2.54 bits per heavy atom. The molecule has 2 bridgehead atoms. The molecule has 4 heterocycles. The molecule has 0 radical (unpaired) electrons. The molecule has 1 spiro atoms. The zero-order valence-electron chi connectivity index (χ0n) is 39.0. The zero-order valence-corrected chi connectivity index (χ0v) is 39.0. The fraction of sp³-hybridized carbons (Fsp3) is 0.464. The van der Waals surface area contributed by atoms with Crippen LogP contribution in [0.25, 0.3) is 21.9 Å². The molecule has 4 aliphatic heterocycles. The SMILES string of the molecule is COCCCC1Oc2c3cc(c4cc(O)ccc24)OCC#CC2CNCNC24CCC(O)CC4OC3C1C1COc2c(Cc3cc(O)ccc3-c3cccc(O)c3)cc(OC3CCCC3)cc2C1O. The number of nitrogens with one attached hydrogen (secondary N) is 2. The van der Waals surface area contributed by atoms with Crippen LogP contribution in [0.2, 0.25) is 0 Å². The summed E-state index contributed by atoms with van der Waals surface area (Å²) in [6.45, 7) is 1.95. The highest BCUT2D eigenvalue weighted by Gasteiger charge is 2.55. The van der Waals surface area contributed by atoms with Crippen LogP contribution < -0.4 is 29.6 Å². The van der Waals surface area contributed by atoms with Gasteiger partial charge in [-0.1, -0.05) is 30.0 Å². The van der Waals surface area contributed by atoms with Crippen molar-refractivity contribution in [2.45, 2.75) is 106 Å². The fourth-order valence-corrected chi connectivity index (χ4v) is 12.3. The average molecular weight is 939 g/mol. The van der Waals surface area contributed by atoms with E-state index in [-0.39, 0.29) is 42.5 Å². The van der Waals surface area contributed by atoms with Crippen LogP contribution in [-0.2, 0) is 15.9 Å². The molecule has 1 saturated heterocycles. The molecule has 0 amide bonds. The molecule has 9 atom stereocenters. The third kappa shape index (κ3) is 8.81. The van der Waals surface area contributed by atoms with Crippen LogP contribution in [0.5, 0.6) is 40.2 Å². The monoisotopic (exact) mass is 938 g/mol. The highest BCUT2D eigenvalue weighted by atomic mass is 16.5. The van der Waals surface area contributed by atoms with Crippen LogP contribution >= 0.6 is 0 Å². The first-order valence-corrected chi connectivity index (χ1v) is 24.8. The van der Waals surface area contributed by atoms with Crippen LogP contribution in [0, 0.1) is 29.6 Å². The van der Waals surface area contributed by atoms with E-state index in [1.54, 1.807) is 49.6 Å². The quantitative estimate of drug-likeness (QED) is 0.0530. The highest BCUT2D eigenvalue weighted by Crippen LogP contribution is 2.56. The molecule has 5 aromatic rings. The number of hydrogen-bond acceptors (Lipinski definition) is 13. The van der Waals surface area contributed by atoms with Crippen molar-refractivity contribution < 1.29 is 54.0 Å². The first-order chi connectivity index (χ1) is 33.7. The molecule has 9 unspecified atom stereocenters. The van der Waals surface area contributed by atoms with Crippen molar-refractivity contribution in [2.24, 2.45) is 17.8 Å². The van der Waals surface area contributed by atoms with Gasteiger partial charge in [-0.05, 0) is 129 Å². The van der Waals surface area contributed by atoms with E-state index in [0.717, 1.165) is 58.9 Å². The van der Waals surface area contributed by atoms with Gasteiger partial charge in [-0.3, -0.25) is 5.32 Å². The summed E-state index contributed by atoms with van der Waals surface area (Å²) in [6, 6.07) is 23.4. The number of ether oxygens (including phenoxy) is 6. The van der Waals surface area contributed by atoms with Crippen molar-refractivity contribution in [3.05, 3.63) is 101 Å². The Morgan fingerprint density at radius 1 is 0.841 bits per heavy atom. The first-order valence-electron chi connectivity index (χ1n) is 24.8. The van der Waals surface area contributed by atoms with Gasteiger partial charge >= 0.3 is 0 Å². The molecule has 69 heavy (non-hydrogen) atoms. The van der Waals surface area contributed by atoms with E-state index in [2.05, 4.69) is 22.5 Å². The van der Waals surface area contributed by atoms with E-state index < -0.39 is 47.9 Å². The Hall–Kier alpha value is -5.72. The summed E-state index contributed by atoms with van der Waals surface area (Å²) in [7, 11) is 1.69. The summed E-state index contributed by atoms with van der Waals surface area (Å²) in [5, 5.41) is 65.5. The summed E-state index contributed by atoms with van der Waals surface area (Å²) >= 11 is 0. The summed E-state index contributed by atoms with van der Waals surface area (Å²) in [4.78, 5) is 0.